The fourth-order valence-electron chi connectivity index (χ4n) is 1.36. The number of aromatic nitrogens is 2. The fraction of sp³-hybridized carbons (Fsp3) is 0.200. The molecule has 0 N–H and O–H groups in total. The Morgan fingerprint density at radius 2 is 1.93 bits per heavy atom. The highest BCUT2D eigenvalue weighted by atomic mass is 19.4. The second-order valence-corrected chi connectivity index (χ2v) is 3.18. The molecule has 0 radical (unpaired) electrons. The number of hydrogen-bond acceptors (Lipinski definition) is 2. The van der Waals surface area contributed by atoms with Crippen LogP contribution in [0.15, 0.2) is 24.4 Å². The van der Waals surface area contributed by atoms with Crippen molar-refractivity contribution in [1.82, 2.24) is 9.97 Å². The minimum absolute atomic E-state index is 0.101. The van der Waals surface area contributed by atoms with E-state index >= 15 is 0 Å². The number of para-hydroxylation sites is 1. The number of rotatable bonds is 0. The number of aryl methyl sites for hydroxylation is 1. The zero-order valence-corrected chi connectivity index (χ0v) is 7.84. The van der Waals surface area contributed by atoms with Gasteiger partial charge in [-0.05, 0) is 19.1 Å². The summed E-state index contributed by atoms with van der Waals surface area (Å²) in [4.78, 5) is 7.75. The third-order valence-corrected chi connectivity index (χ3v) is 2.00. The summed E-state index contributed by atoms with van der Waals surface area (Å²) in [5.41, 5.74) is 0.0229. The van der Waals surface area contributed by atoms with Gasteiger partial charge in [-0.3, -0.25) is 4.98 Å². The number of fused-ring (bicyclic) bond motifs is 1. The van der Waals surface area contributed by atoms with Gasteiger partial charge in [0, 0.05) is 6.20 Å². The largest absolute Gasteiger partial charge is 0.418 e. The van der Waals surface area contributed by atoms with Crippen molar-refractivity contribution in [3.8, 4) is 0 Å². The van der Waals surface area contributed by atoms with Crippen LogP contribution in [-0.2, 0) is 6.18 Å². The average molecular weight is 212 g/mol. The van der Waals surface area contributed by atoms with Crippen molar-refractivity contribution in [3.05, 3.63) is 35.7 Å². The van der Waals surface area contributed by atoms with Gasteiger partial charge >= 0.3 is 6.18 Å². The summed E-state index contributed by atoms with van der Waals surface area (Å²) in [7, 11) is 0. The number of nitrogens with zero attached hydrogens (tertiary/aromatic N) is 2. The molecule has 1 heterocycles. The zero-order valence-electron chi connectivity index (χ0n) is 7.84. The van der Waals surface area contributed by atoms with Crippen molar-refractivity contribution < 1.29 is 13.2 Å². The highest BCUT2D eigenvalue weighted by Gasteiger charge is 2.33. The molecule has 78 valence electrons. The van der Waals surface area contributed by atoms with Crippen LogP contribution in [0.3, 0.4) is 0 Å². The van der Waals surface area contributed by atoms with Gasteiger partial charge in [0.05, 0.1) is 16.8 Å². The van der Waals surface area contributed by atoms with E-state index < -0.39 is 11.7 Å². The van der Waals surface area contributed by atoms with Crippen molar-refractivity contribution in [2.24, 2.45) is 0 Å². The quantitative estimate of drug-likeness (QED) is 0.670. The van der Waals surface area contributed by atoms with E-state index in [9.17, 15) is 13.2 Å². The first-order chi connectivity index (χ1) is 6.98. The van der Waals surface area contributed by atoms with Crippen molar-refractivity contribution in [1.29, 1.82) is 0 Å². The lowest BCUT2D eigenvalue weighted by Crippen LogP contribution is -2.07. The third kappa shape index (κ3) is 1.77. The summed E-state index contributed by atoms with van der Waals surface area (Å²) in [5, 5.41) is 0. The maximum Gasteiger partial charge on any atom is 0.418 e. The summed E-state index contributed by atoms with van der Waals surface area (Å²) in [5.74, 6) is 0. The molecule has 0 fully saturated rings. The smallest absolute Gasteiger partial charge is 0.252 e. The average Bonchev–Trinajstić information content (AvgIpc) is 2.15. The first-order valence-electron chi connectivity index (χ1n) is 4.28. The van der Waals surface area contributed by atoms with Crippen LogP contribution in [-0.4, -0.2) is 9.97 Å². The van der Waals surface area contributed by atoms with Gasteiger partial charge in [0.2, 0.25) is 0 Å². The Kier molecular flexibility index (Phi) is 2.10. The van der Waals surface area contributed by atoms with Gasteiger partial charge in [0.25, 0.3) is 0 Å². The van der Waals surface area contributed by atoms with Gasteiger partial charge in [-0.15, -0.1) is 0 Å². The second kappa shape index (κ2) is 3.18. The third-order valence-electron chi connectivity index (χ3n) is 2.00. The van der Waals surface area contributed by atoms with Crippen molar-refractivity contribution in [2.45, 2.75) is 13.1 Å². The predicted molar refractivity (Wildman–Crippen MR) is 49.3 cm³/mol. The minimum Gasteiger partial charge on any atom is -0.252 e. The molecule has 0 aliphatic rings. The molecule has 0 unspecified atom stereocenters. The normalized spacial score (nSPS) is 12.0. The number of halogens is 3. The van der Waals surface area contributed by atoms with E-state index in [-0.39, 0.29) is 11.0 Å². The molecule has 0 saturated carbocycles. The zero-order chi connectivity index (χ0) is 11.1. The van der Waals surface area contributed by atoms with Crippen LogP contribution in [0.1, 0.15) is 11.3 Å². The first kappa shape index (κ1) is 9.89. The van der Waals surface area contributed by atoms with Gasteiger partial charge < -0.3 is 0 Å². The van der Waals surface area contributed by atoms with E-state index in [4.69, 9.17) is 0 Å². The van der Waals surface area contributed by atoms with E-state index in [0.717, 1.165) is 6.07 Å². The molecule has 5 heteroatoms. The fourth-order valence-corrected chi connectivity index (χ4v) is 1.36. The predicted octanol–water partition coefficient (Wildman–Crippen LogP) is 2.96. The van der Waals surface area contributed by atoms with Crippen molar-refractivity contribution in [3.63, 3.8) is 0 Å². The van der Waals surface area contributed by atoms with Crippen LogP contribution < -0.4 is 0 Å². The molecule has 0 bridgehead atoms. The Morgan fingerprint density at radius 3 is 2.60 bits per heavy atom. The standard InChI is InChI=1S/C10H7F3N2/c1-6-5-14-9-7(10(11,12)13)3-2-4-8(9)15-6/h2-5H,1H3. The lowest BCUT2D eigenvalue weighted by atomic mass is 10.1. The van der Waals surface area contributed by atoms with Crippen LogP contribution in [0.2, 0.25) is 0 Å². The Morgan fingerprint density at radius 1 is 1.20 bits per heavy atom. The van der Waals surface area contributed by atoms with Gasteiger partial charge in [-0.1, -0.05) is 6.07 Å². The highest BCUT2D eigenvalue weighted by Crippen LogP contribution is 2.33. The molecular weight excluding hydrogens is 205 g/mol. The molecule has 2 aromatic rings. The molecule has 0 amide bonds. The lowest BCUT2D eigenvalue weighted by molar-refractivity contribution is -0.136. The molecule has 15 heavy (non-hydrogen) atoms. The SMILES string of the molecule is Cc1cnc2c(C(F)(F)F)cccc2n1. The van der Waals surface area contributed by atoms with Crippen LogP contribution in [0.5, 0.6) is 0 Å². The molecule has 0 aliphatic carbocycles. The topological polar surface area (TPSA) is 25.8 Å². The van der Waals surface area contributed by atoms with Crippen LogP contribution in [0.25, 0.3) is 11.0 Å². The minimum atomic E-state index is -4.39. The van der Waals surface area contributed by atoms with E-state index in [2.05, 4.69) is 9.97 Å². The van der Waals surface area contributed by atoms with E-state index in [1.807, 2.05) is 0 Å². The van der Waals surface area contributed by atoms with Crippen LogP contribution in [0.4, 0.5) is 13.2 Å². The summed E-state index contributed by atoms with van der Waals surface area (Å²) < 4.78 is 37.7. The Hall–Kier alpha value is -1.65. The number of benzene rings is 1. The molecule has 0 spiro atoms. The van der Waals surface area contributed by atoms with E-state index in [1.165, 1.54) is 18.3 Å². The van der Waals surface area contributed by atoms with E-state index in [0.29, 0.717) is 5.69 Å². The molecule has 1 aromatic heterocycles. The Bertz CT molecular complexity index is 505. The monoisotopic (exact) mass is 212 g/mol. The summed E-state index contributed by atoms with van der Waals surface area (Å²) in [6, 6.07) is 3.86. The van der Waals surface area contributed by atoms with E-state index in [1.54, 1.807) is 6.92 Å². The lowest BCUT2D eigenvalue weighted by Gasteiger charge is -2.08. The van der Waals surface area contributed by atoms with Gasteiger partial charge in [-0.2, -0.15) is 13.2 Å². The molecule has 0 atom stereocenters. The maximum atomic E-state index is 12.6. The summed E-state index contributed by atoms with van der Waals surface area (Å²) in [6.07, 6.45) is -3.05. The maximum absolute atomic E-state index is 12.6. The number of hydrogen-bond donors (Lipinski definition) is 0. The molecule has 1 aromatic carbocycles. The van der Waals surface area contributed by atoms with Crippen LogP contribution >= 0.6 is 0 Å². The highest BCUT2D eigenvalue weighted by molar-refractivity contribution is 5.78. The van der Waals surface area contributed by atoms with Gasteiger partial charge in [0.1, 0.15) is 5.52 Å². The molecule has 0 aliphatic heterocycles. The Balaban J connectivity index is 2.77. The Labute approximate surface area is 83.8 Å². The van der Waals surface area contributed by atoms with Gasteiger partial charge in [-0.25, -0.2) is 4.98 Å². The number of alkyl halides is 3. The second-order valence-electron chi connectivity index (χ2n) is 3.18. The molecule has 2 nitrogen and oxygen atoms in total. The summed E-state index contributed by atoms with van der Waals surface area (Å²) in [6.45, 7) is 1.69. The van der Waals surface area contributed by atoms with Gasteiger partial charge in [0.15, 0.2) is 0 Å². The van der Waals surface area contributed by atoms with Crippen molar-refractivity contribution in [2.75, 3.05) is 0 Å². The first-order valence-corrected chi connectivity index (χ1v) is 4.28. The molecule has 0 saturated heterocycles. The summed E-state index contributed by atoms with van der Waals surface area (Å²) >= 11 is 0. The molecular formula is C10H7F3N2. The van der Waals surface area contributed by atoms with Crippen LogP contribution in [0, 0.1) is 6.92 Å². The molecule has 2 rings (SSSR count). The van der Waals surface area contributed by atoms with Crippen molar-refractivity contribution >= 4 is 11.0 Å².